The van der Waals surface area contributed by atoms with Crippen molar-refractivity contribution in [2.75, 3.05) is 29.9 Å². The van der Waals surface area contributed by atoms with Gasteiger partial charge >= 0.3 is 5.97 Å². The second-order valence-electron chi connectivity index (χ2n) is 8.45. The fourth-order valence-corrected chi connectivity index (χ4v) is 4.14. The van der Waals surface area contributed by atoms with Gasteiger partial charge in [0, 0.05) is 12.1 Å². The minimum atomic E-state index is -0.968. The van der Waals surface area contributed by atoms with Gasteiger partial charge in [0.25, 0.3) is 0 Å². The summed E-state index contributed by atoms with van der Waals surface area (Å²) < 4.78 is 12.0. The van der Waals surface area contributed by atoms with Crippen molar-refractivity contribution < 1.29 is 24.5 Å². The smallest absolute Gasteiger partial charge is 0.307 e. The molecule has 4 rings (SSSR count). The van der Waals surface area contributed by atoms with Crippen LogP contribution in [0, 0.1) is 0 Å². The first-order valence-corrected chi connectivity index (χ1v) is 11.9. The number of pyridine rings is 1. The Labute approximate surface area is 205 Å². The second kappa shape index (κ2) is 11.6. The molecule has 1 aliphatic rings. The number of aromatic nitrogens is 1. The van der Waals surface area contributed by atoms with Crippen molar-refractivity contribution >= 4 is 17.6 Å². The van der Waals surface area contributed by atoms with Crippen LogP contribution in [-0.4, -0.2) is 47.0 Å². The number of piperidine rings is 1. The van der Waals surface area contributed by atoms with Crippen LogP contribution in [0.4, 0.5) is 11.6 Å². The van der Waals surface area contributed by atoms with Crippen LogP contribution >= 0.6 is 0 Å². The SMILES string of the molecule is CCOc1ccccc1O[C@@H]1CCCN(c2cccc(N[C@H](O)c3ccc(CC(=O)O)cc3)n2)C1. The van der Waals surface area contributed by atoms with Crippen LogP contribution in [0.5, 0.6) is 11.5 Å². The highest BCUT2D eigenvalue weighted by Gasteiger charge is 2.23. The number of rotatable bonds is 10. The Hall–Kier alpha value is -3.78. The minimum absolute atomic E-state index is 0.0127. The highest BCUT2D eigenvalue weighted by atomic mass is 16.5. The van der Waals surface area contributed by atoms with E-state index < -0.39 is 12.2 Å². The molecule has 35 heavy (non-hydrogen) atoms. The number of carboxylic acids is 1. The van der Waals surface area contributed by atoms with E-state index in [-0.39, 0.29) is 12.5 Å². The van der Waals surface area contributed by atoms with E-state index in [0.29, 0.717) is 30.1 Å². The molecule has 3 aromatic rings. The second-order valence-corrected chi connectivity index (χ2v) is 8.45. The number of aliphatic carboxylic acids is 1. The first-order valence-electron chi connectivity index (χ1n) is 11.9. The van der Waals surface area contributed by atoms with Gasteiger partial charge < -0.3 is 29.9 Å². The van der Waals surface area contributed by atoms with Crippen LogP contribution in [0.3, 0.4) is 0 Å². The van der Waals surface area contributed by atoms with Crippen molar-refractivity contribution in [3.8, 4) is 11.5 Å². The summed E-state index contributed by atoms with van der Waals surface area (Å²) in [4.78, 5) is 17.8. The number of aliphatic hydroxyl groups excluding tert-OH is 1. The van der Waals surface area contributed by atoms with Crippen LogP contribution in [0.15, 0.2) is 66.7 Å². The maximum Gasteiger partial charge on any atom is 0.307 e. The largest absolute Gasteiger partial charge is 0.490 e. The molecule has 0 radical (unpaired) electrons. The van der Waals surface area contributed by atoms with E-state index in [2.05, 4.69) is 10.2 Å². The molecule has 0 saturated carbocycles. The summed E-state index contributed by atoms with van der Waals surface area (Å²) in [6.07, 6.45) is 0.922. The Kier molecular flexibility index (Phi) is 8.05. The van der Waals surface area contributed by atoms with Crippen LogP contribution < -0.4 is 19.7 Å². The Morgan fingerprint density at radius 1 is 1.11 bits per heavy atom. The van der Waals surface area contributed by atoms with E-state index in [1.54, 1.807) is 24.3 Å². The molecule has 0 unspecified atom stereocenters. The third kappa shape index (κ3) is 6.64. The van der Waals surface area contributed by atoms with E-state index in [9.17, 15) is 9.90 Å². The van der Waals surface area contributed by atoms with Gasteiger partial charge in [0.15, 0.2) is 17.7 Å². The van der Waals surface area contributed by atoms with Gasteiger partial charge in [-0.15, -0.1) is 0 Å². The molecule has 2 atom stereocenters. The first-order chi connectivity index (χ1) is 17.0. The van der Waals surface area contributed by atoms with Gasteiger partial charge in [-0.2, -0.15) is 0 Å². The standard InChI is InChI=1S/C27H31N3O5/c1-2-34-22-8-3-4-9-23(22)35-21-7-6-16-30(18-21)25-11-5-10-24(28-25)29-27(33)20-14-12-19(13-15-20)17-26(31)32/h3-5,8-15,21,27,33H,2,6-7,16-18H2,1H3,(H,28,29)(H,31,32)/t21-,27-/m1/s1. The van der Waals surface area contributed by atoms with Crippen molar-refractivity contribution in [2.45, 2.75) is 38.5 Å². The zero-order valence-corrected chi connectivity index (χ0v) is 19.8. The number of hydrogen-bond donors (Lipinski definition) is 3. The fourth-order valence-electron chi connectivity index (χ4n) is 4.14. The van der Waals surface area contributed by atoms with Gasteiger partial charge in [-0.05, 0) is 49.6 Å². The van der Waals surface area contributed by atoms with Crippen molar-refractivity contribution in [3.63, 3.8) is 0 Å². The predicted molar refractivity (Wildman–Crippen MR) is 134 cm³/mol. The zero-order valence-electron chi connectivity index (χ0n) is 19.8. The number of para-hydroxylation sites is 2. The Morgan fingerprint density at radius 2 is 1.89 bits per heavy atom. The van der Waals surface area contributed by atoms with Crippen molar-refractivity contribution in [2.24, 2.45) is 0 Å². The maximum atomic E-state index is 10.9. The molecule has 184 valence electrons. The van der Waals surface area contributed by atoms with E-state index in [1.807, 2.05) is 49.4 Å². The summed E-state index contributed by atoms with van der Waals surface area (Å²) in [7, 11) is 0. The predicted octanol–water partition coefficient (Wildman–Crippen LogP) is 4.26. The summed E-state index contributed by atoms with van der Waals surface area (Å²) in [5.74, 6) is 1.98. The molecule has 1 aromatic heterocycles. The Bertz CT molecular complexity index is 1120. The number of carboxylic acid groups (broad SMARTS) is 1. The third-order valence-electron chi connectivity index (χ3n) is 5.81. The lowest BCUT2D eigenvalue weighted by molar-refractivity contribution is -0.136. The zero-order chi connectivity index (χ0) is 24.6. The molecular weight excluding hydrogens is 446 g/mol. The molecule has 2 heterocycles. The van der Waals surface area contributed by atoms with E-state index >= 15 is 0 Å². The Balaban J connectivity index is 1.39. The Morgan fingerprint density at radius 3 is 2.63 bits per heavy atom. The molecule has 0 bridgehead atoms. The molecule has 8 heteroatoms. The van der Waals surface area contributed by atoms with Gasteiger partial charge in [0.1, 0.15) is 17.7 Å². The van der Waals surface area contributed by atoms with Crippen LogP contribution in [-0.2, 0) is 11.2 Å². The lowest BCUT2D eigenvalue weighted by Gasteiger charge is -2.34. The highest BCUT2D eigenvalue weighted by Crippen LogP contribution is 2.30. The molecule has 0 aliphatic carbocycles. The van der Waals surface area contributed by atoms with E-state index in [0.717, 1.165) is 36.7 Å². The number of carbonyl (C=O) groups is 1. The fraction of sp³-hybridized carbons (Fsp3) is 0.333. The number of aliphatic hydroxyl groups is 1. The monoisotopic (exact) mass is 477 g/mol. The molecule has 0 spiro atoms. The number of benzene rings is 2. The van der Waals surface area contributed by atoms with Gasteiger partial charge in [0.2, 0.25) is 0 Å². The lowest BCUT2D eigenvalue weighted by Crippen LogP contribution is -2.41. The molecule has 0 amide bonds. The summed E-state index contributed by atoms with van der Waals surface area (Å²) in [6, 6.07) is 20.2. The molecule has 8 nitrogen and oxygen atoms in total. The molecule has 1 saturated heterocycles. The molecule has 2 aromatic carbocycles. The van der Waals surface area contributed by atoms with Gasteiger partial charge in [-0.25, -0.2) is 4.98 Å². The molecule has 3 N–H and O–H groups in total. The van der Waals surface area contributed by atoms with Crippen LogP contribution in [0.2, 0.25) is 0 Å². The normalized spacial score (nSPS) is 16.4. The van der Waals surface area contributed by atoms with Gasteiger partial charge in [-0.1, -0.05) is 42.5 Å². The van der Waals surface area contributed by atoms with Crippen molar-refractivity contribution in [1.29, 1.82) is 0 Å². The van der Waals surface area contributed by atoms with Crippen LogP contribution in [0.25, 0.3) is 0 Å². The number of ether oxygens (including phenoxy) is 2. The minimum Gasteiger partial charge on any atom is -0.490 e. The topological polar surface area (TPSA) is 104 Å². The quantitative estimate of drug-likeness (QED) is 0.372. The van der Waals surface area contributed by atoms with Gasteiger partial charge in [-0.3, -0.25) is 4.79 Å². The van der Waals surface area contributed by atoms with Crippen molar-refractivity contribution in [3.05, 3.63) is 77.9 Å². The van der Waals surface area contributed by atoms with Crippen molar-refractivity contribution in [1.82, 2.24) is 4.98 Å². The average molecular weight is 478 g/mol. The summed E-state index contributed by atoms with van der Waals surface area (Å²) in [5.41, 5.74) is 1.31. The highest BCUT2D eigenvalue weighted by molar-refractivity contribution is 5.70. The number of nitrogens with one attached hydrogen (secondary N) is 1. The number of nitrogens with zero attached hydrogens (tertiary/aromatic N) is 2. The summed E-state index contributed by atoms with van der Waals surface area (Å²) >= 11 is 0. The molecule has 1 aliphatic heterocycles. The summed E-state index contributed by atoms with van der Waals surface area (Å²) in [5, 5.41) is 22.5. The van der Waals surface area contributed by atoms with E-state index in [4.69, 9.17) is 19.6 Å². The first kappa shape index (κ1) is 24.3. The summed E-state index contributed by atoms with van der Waals surface area (Å²) in [6.45, 7) is 4.11. The van der Waals surface area contributed by atoms with Crippen LogP contribution in [0.1, 0.15) is 37.1 Å². The number of anilines is 2. The maximum absolute atomic E-state index is 10.9. The molecule has 1 fully saturated rings. The average Bonchev–Trinajstić information content (AvgIpc) is 2.86. The van der Waals surface area contributed by atoms with Gasteiger partial charge in [0.05, 0.1) is 19.6 Å². The molecular formula is C27H31N3O5. The number of hydrogen-bond acceptors (Lipinski definition) is 7. The lowest BCUT2D eigenvalue weighted by atomic mass is 10.1. The van der Waals surface area contributed by atoms with E-state index in [1.165, 1.54) is 0 Å². The third-order valence-corrected chi connectivity index (χ3v) is 5.81.